The zero-order valence-corrected chi connectivity index (χ0v) is 17.1. The van der Waals surface area contributed by atoms with Crippen molar-refractivity contribution in [1.82, 2.24) is 9.88 Å². The summed E-state index contributed by atoms with van der Waals surface area (Å²) in [5.74, 6) is -3.02. The Morgan fingerprint density at radius 2 is 1.70 bits per heavy atom. The molecule has 1 aliphatic heterocycles. The van der Waals surface area contributed by atoms with Crippen LogP contribution in [-0.4, -0.2) is 38.5 Å². The lowest BCUT2D eigenvalue weighted by molar-refractivity contribution is -0.140. The fraction of sp³-hybridized carbons (Fsp3) is 0.318. The lowest BCUT2D eigenvalue weighted by Gasteiger charge is -2.38. The predicted molar refractivity (Wildman–Crippen MR) is 111 cm³/mol. The molecule has 30 heavy (non-hydrogen) atoms. The van der Waals surface area contributed by atoms with E-state index in [2.05, 4.69) is 5.32 Å². The van der Waals surface area contributed by atoms with Gasteiger partial charge < -0.3 is 20.1 Å². The van der Waals surface area contributed by atoms with Gasteiger partial charge in [-0.25, -0.2) is 0 Å². The van der Waals surface area contributed by atoms with Crippen molar-refractivity contribution in [3.63, 3.8) is 0 Å². The minimum absolute atomic E-state index is 0.293. The summed E-state index contributed by atoms with van der Waals surface area (Å²) in [5.41, 5.74) is 0.596. The van der Waals surface area contributed by atoms with E-state index in [0.29, 0.717) is 23.6 Å². The number of aromatic nitrogens is 1. The molecule has 1 unspecified atom stereocenters. The molecule has 3 N–H and O–H groups in total. The average Bonchev–Trinajstić information content (AvgIpc) is 3.35. The number of carboxylic acid groups (broad SMARTS) is 1. The van der Waals surface area contributed by atoms with E-state index in [1.165, 1.54) is 6.92 Å². The largest absolute Gasteiger partial charge is 0.509 e. The number of allylic oxidation sites excluding steroid dienone is 1. The fourth-order valence-corrected chi connectivity index (χ4v) is 4.58. The lowest BCUT2D eigenvalue weighted by Crippen LogP contribution is -2.46. The van der Waals surface area contributed by atoms with E-state index in [0.717, 1.165) is 24.1 Å². The van der Waals surface area contributed by atoms with Gasteiger partial charge in [0, 0.05) is 10.7 Å². The Balaban J connectivity index is 1.86. The smallest absolute Gasteiger partial charge is 0.325 e. The SMILES string of the molecule is CC(NC(=O)C1=C(O)C2(CCCC2)n2c(ccc2-c2ccc(Cl)cc2)C1=O)C(=O)O. The number of amides is 1. The maximum absolute atomic E-state index is 13.2. The number of carbonyl (C=O) groups excluding carboxylic acids is 2. The topological polar surface area (TPSA) is 109 Å². The Morgan fingerprint density at radius 1 is 1.10 bits per heavy atom. The fourth-order valence-electron chi connectivity index (χ4n) is 4.46. The molecule has 7 nitrogen and oxygen atoms in total. The van der Waals surface area contributed by atoms with Gasteiger partial charge in [-0.3, -0.25) is 14.4 Å². The minimum Gasteiger partial charge on any atom is -0.509 e. The molecule has 2 aromatic rings. The molecule has 2 aliphatic rings. The number of aliphatic hydroxyl groups excluding tert-OH is 1. The molecular formula is C22H21ClN2O5. The summed E-state index contributed by atoms with van der Waals surface area (Å²) in [7, 11) is 0. The van der Waals surface area contributed by atoms with Crippen molar-refractivity contribution in [1.29, 1.82) is 0 Å². The number of aliphatic hydroxyl groups is 1. The molecule has 1 aliphatic carbocycles. The molecule has 4 rings (SSSR count). The highest BCUT2D eigenvalue weighted by molar-refractivity contribution is 6.30. The zero-order chi connectivity index (χ0) is 21.6. The molecule has 0 radical (unpaired) electrons. The van der Waals surface area contributed by atoms with Crippen LogP contribution in [0, 0.1) is 0 Å². The van der Waals surface area contributed by atoms with E-state index < -0.39 is 29.2 Å². The highest BCUT2D eigenvalue weighted by Gasteiger charge is 2.50. The standard InChI is InChI=1S/C22H21ClN2O5/c1-12(21(29)30)24-20(28)17-18(26)16-9-8-15(13-4-6-14(23)7-5-13)25(16)22(19(17)27)10-2-3-11-22/h4-9,12,27H,2-3,10-11H2,1H3,(H,24,28)(H,29,30). The quantitative estimate of drug-likeness (QED) is 0.644. The minimum atomic E-state index is -1.23. The molecule has 1 atom stereocenters. The van der Waals surface area contributed by atoms with Gasteiger partial charge in [-0.2, -0.15) is 0 Å². The van der Waals surface area contributed by atoms with Crippen LogP contribution >= 0.6 is 11.6 Å². The molecule has 1 fully saturated rings. The van der Waals surface area contributed by atoms with E-state index in [9.17, 15) is 19.5 Å². The van der Waals surface area contributed by atoms with E-state index in [1.54, 1.807) is 24.3 Å². The second kappa shape index (κ2) is 7.32. The third kappa shape index (κ3) is 3.01. The van der Waals surface area contributed by atoms with Crippen LogP contribution in [0.5, 0.6) is 0 Å². The molecule has 1 spiro atoms. The molecule has 156 valence electrons. The van der Waals surface area contributed by atoms with Crippen molar-refractivity contribution in [3.8, 4) is 11.3 Å². The summed E-state index contributed by atoms with van der Waals surface area (Å²) in [4.78, 5) is 37.1. The second-order valence-corrected chi connectivity index (χ2v) is 8.21. The van der Waals surface area contributed by atoms with Crippen molar-refractivity contribution in [2.24, 2.45) is 0 Å². The van der Waals surface area contributed by atoms with E-state index >= 15 is 0 Å². The maximum Gasteiger partial charge on any atom is 0.325 e. The first-order chi connectivity index (χ1) is 14.3. The van der Waals surface area contributed by atoms with Crippen LogP contribution in [0.4, 0.5) is 0 Å². The highest BCUT2D eigenvalue weighted by atomic mass is 35.5. The van der Waals surface area contributed by atoms with Gasteiger partial charge in [-0.15, -0.1) is 0 Å². The molecule has 8 heteroatoms. The first-order valence-electron chi connectivity index (χ1n) is 9.76. The van der Waals surface area contributed by atoms with E-state index in [1.807, 2.05) is 16.7 Å². The molecule has 0 saturated heterocycles. The van der Waals surface area contributed by atoms with Gasteiger partial charge in [0.1, 0.15) is 22.9 Å². The summed E-state index contributed by atoms with van der Waals surface area (Å²) in [6.45, 7) is 1.30. The number of halogens is 1. The van der Waals surface area contributed by atoms with Gasteiger partial charge in [0.25, 0.3) is 5.91 Å². The number of nitrogens with one attached hydrogen (secondary N) is 1. The summed E-state index contributed by atoms with van der Waals surface area (Å²) >= 11 is 6.01. The van der Waals surface area contributed by atoms with Gasteiger partial charge in [0.05, 0.1) is 5.69 Å². The number of nitrogens with zero attached hydrogens (tertiary/aromatic N) is 1. The van der Waals surface area contributed by atoms with Gasteiger partial charge in [-0.1, -0.05) is 36.6 Å². The Kier molecular flexibility index (Phi) is 4.94. The number of hydrogen-bond donors (Lipinski definition) is 3. The summed E-state index contributed by atoms with van der Waals surface area (Å²) < 4.78 is 1.83. The number of carboxylic acids is 1. The normalized spacial score (nSPS) is 18.4. The number of hydrogen-bond acceptors (Lipinski definition) is 4. The van der Waals surface area contributed by atoms with Gasteiger partial charge in [0.15, 0.2) is 0 Å². The van der Waals surface area contributed by atoms with Crippen molar-refractivity contribution in [3.05, 3.63) is 58.4 Å². The van der Waals surface area contributed by atoms with E-state index in [-0.39, 0.29) is 11.3 Å². The summed E-state index contributed by atoms with van der Waals surface area (Å²) in [6.07, 6.45) is 2.80. The van der Waals surface area contributed by atoms with Crippen molar-refractivity contribution >= 4 is 29.3 Å². The third-order valence-electron chi connectivity index (χ3n) is 5.96. The van der Waals surface area contributed by atoms with Crippen LogP contribution in [0.25, 0.3) is 11.3 Å². The van der Waals surface area contributed by atoms with Crippen molar-refractivity contribution < 1.29 is 24.6 Å². The molecule has 1 aromatic heterocycles. The Hall–Kier alpha value is -3.06. The van der Waals surface area contributed by atoms with Crippen LogP contribution < -0.4 is 5.32 Å². The third-order valence-corrected chi connectivity index (χ3v) is 6.21. The zero-order valence-electron chi connectivity index (χ0n) is 16.3. The van der Waals surface area contributed by atoms with Crippen LogP contribution in [0.1, 0.15) is 43.1 Å². The predicted octanol–water partition coefficient (Wildman–Crippen LogP) is 3.68. The van der Waals surface area contributed by atoms with Gasteiger partial charge in [-0.05, 0) is 49.6 Å². The number of ketones is 1. The molecule has 1 aromatic carbocycles. The lowest BCUT2D eigenvalue weighted by atomic mass is 9.84. The maximum atomic E-state index is 13.2. The number of rotatable bonds is 4. The Morgan fingerprint density at radius 3 is 2.30 bits per heavy atom. The van der Waals surface area contributed by atoms with Gasteiger partial charge in [0.2, 0.25) is 5.78 Å². The van der Waals surface area contributed by atoms with E-state index in [4.69, 9.17) is 16.7 Å². The van der Waals surface area contributed by atoms with Crippen LogP contribution in [-0.2, 0) is 15.1 Å². The first kappa shape index (κ1) is 20.2. The second-order valence-electron chi connectivity index (χ2n) is 7.77. The molecule has 1 amide bonds. The average molecular weight is 429 g/mol. The number of fused-ring (bicyclic) bond motifs is 2. The molecule has 2 heterocycles. The summed E-state index contributed by atoms with van der Waals surface area (Å²) in [6, 6.07) is 9.45. The number of carbonyl (C=O) groups is 3. The molecule has 1 saturated carbocycles. The monoisotopic (exact) mass is 428 g/mol. The molecule has 0 bridgehead atoms. The van der Waals surface area contributed by atoms with Crippen molar-refractivity contribution in [2.45, 2.75) is 44.2 Å². The van der Waals surface area contributed by atoms with Crippen LogP contribution in [0.15, 0.2) is 47.7 Å². The summed E-state index contributed by atoms with van der Waals surface area (Å²) in [5, 5.41) is 23.2. The van der Waals surface area contributed by atoms with Crippen molar-refractivity contribution in [2.75, 3.05) is 0 Å². The number of aliphatic carboxylic acids is 1. The number of Topliss-reactive ketones (excluding diaryl/α,β-unsaturated/α-hetero) is 1. The van der Waals surface area contributed by atoms with Crippen LogP contribution in [0.2, 0.25) is 5.02 Å². The molecular weight excluding hydrogens is 408 g/mol. The first-order valence-corrected chi connectivity index (χ1v) is 10.1. The van der Waals surface area contributed by atoms with Crippen LogP contribution in [0.3, 0.4) is 0 Å². The Bertz CT molecular complexity index is 1080. The highest BCUT2D eigenvalue weighted by Crippen LogP contribution is 2.49. The Labute approximate surface area is 178 Å². The van der Waals surface area contributed by atoms with Gasteiger partial charge >= 0.3 is 5.97 Å². The number of benzene rings is 1.